The number of aryl methyl sites for hydroxylation is 1. The van der Waals surface area contributed by atoms with Crippen LogP contribution in [0.25, 0.3) is 0 Å². The maximum Gasteiger partial charge on any atom is 0.0788 e. The third-order valence-corrected chi connectivity index (χ3v) is 4.13. The van der Waals surface area contributed by atoms with E-state index in [1.807, 2.05) is 17.9 Å². The largest absolute Gasteiger partial charge is 0.369 e. The molecule has 1 saturated heterocycles. The molecule has 20 heavy (non-hydrogen) atoms. The molecule has 1 fully saturated rings. The molecule has 1 aromatic heterocycles. The van der Waals surface area contributed by atoms with Crippen LogP contribution in [0.2, 0.25) is 0 Å². The predicted octanol–water partition coefficient (Wildman–Crippen LogP) is 1.94. The zero-order chi connectivity index (χ0) is 13.9. The van der Waals surface area contributed by atoms with Gasteiger partial charge in [-0.15, -0.1) is 0 Å². The molecule has 0 unspecified atom stereocenters. The Balaban J connectivity index is 1.82. The molecule has 0 amide bonds. The molecule has 2 N–H and O–H groups in total. The molecule has 1 aliphatic heterocycles. The number of hydrogen-bond acceptors (Lipinski definition) is 3. The number of aromatic nitrogens is 2. The number of piperidine rings is 1. The highest BCUT2D eigenvalue weighted by Gasteiger charge is 2.20. The number of hydrogen-bond donors (Lipinski definition) is 1. The Labute approximate surface area is 120 Å². The van der Waals surface area contributed by atoms with Gasteiger partial charge in [0, 0.05) is 32.6 Å². The smallest absolute Gasteiger partial charge is 0.0788 e. The Hall–Kier alpha value is -1.81. The van der Waals surface area contributed by atoms with Crippen molar-refractivity contribution in [2.75, 3.05) is 18.0 Å². The normalized spacial score (nSPS) is 16.6. The van der Waals surface area contributed by atoms with Crippen LogP contribution in [0.3, 0.4) is 0 Å². The van der Waals surface area contributed by atoms with Gasteiger partial charge >= 0.3 is 0 Å². The molecule has 0 saturated carbocycles. The Morgan fingerprint density at radius 1 is 1.20 bits per heavy atom. The minimum absolute atomic E-state index is 0.362. The van der Waals surface area contributed by atoms with Crippen LogP contribution < -0.4 is 10.6 Å². The van der Waals surface area contributed by atoms with Crippen molar-refractivity contribution in [3.63, 3.8) is 0 Å². The molecule has 0 spiro atoms. The van der Waals surface area contributed by atoms with Gasteiger partial charge in [0.25, 0.3) is 0 Å². The molecule has 0 aliphatic carbocycles. The number of nitrogens with two attached hydrogens (primary N) is 1. The molecule has 2 aromatic rings. The van der Waals surface area contributed by atoms with Crippen molar-refractivity contribution in [2.24, 2.45) is 12.8 Å². The summed E-state index contributed by atoms with van der Waals surface area (Å²) >= 11 is 0. The van der Waals surface area contributed by atoms with Gasteiger partial charge in [-0.2, -0.15) is 5.10 Å². The van der Waals surface area contributed by atoms with E-state index in [0.717, 1.165) is 32.4 Å². The fraction of sp³-hybridized carbons (Fsp3) is 0.438. The van der Waals surface area contributed by atoms with E-state index in [1.54, 1.807) is 0 Å². The van der Waals surface area contributed by atoms with Gasteiger partial charge in [0.05, 0.1) is 17.6 Å². The van der Waals surface area contributed by atoms with E-state index in [4.69, 9.17) is 5.73 Å². The number of rotatable bonds is 3. The van der Waals surface area contributed by atoms with Gasteiger partial charge < -0.3 is 10.6 Å². The topological polar surface area (TPSA) is 47.1 Å². The quantitative estimate of drug-likeness (QED) is 0.927. The van der Waals surface area contributed by atoms with Gasteiger partial charge in [0.15, 0.2) is 0 Å². The summed E-state index contributed by atoms with van der Waals surface area (Å²) in [5.41, 5.74) is 9.87. The first-order valence-corrected chi connectivity index (χ1v) is 7.29. The van der Waals surface area contributed by atoms with E-state index in [1.165, 1.54) is 16.9 Å². The van der Waals surface area contributed by atoms with E-state index in [-0.39, 0.29) is 0 Å². The molecular weight excluding hydrogens is 248 g/mol. The minimum Gasteiger partial charge on any atom is -0.369 e. The summed E-state index contributed by atoms with van der Waals surface area (Å²) in [7, 11) is 2.03. The van der Waals surface area contributed by atoms with Gasteiger partial charge in [0.1, 0.15) is 0 Å². The van der Waals surface area contributed by atoms with Crippen molar-refractivity contribution >= 4 is 5.69 Å². The van der Waals surface area contributed by atoms with Crippen molar-refractivity contribution in [1.82, 2.24) is 9.78 Å². The van der Waals surface area contributed by atoms with Crippen molar-refractivity contribution in [3.8, 4) is 0 Å². The fourth-order valence-corrected chi connectivity index (χ4v) is 2.85. The lowest BCUT2D eigenvalue weighted by atomic mass is 10.0. The Kier molecular flexibility index (Phi) is 3.74. The molecule has 2 heterocycles. The van der Waals surface area contributed by atoms with Crippen LogP contribution in [0.15, 0.2) is 36.5 Å². The molecule has 1 aliphatic rings. The van der Waals surface area contributed by atoms with Gasteiger partial charge in [-0.3, -0.25) is 4.68 Å². The molecule has 4 nitrogen and oxygen atoms in total. The van der Waals surface area contributed by atoms with Crippen molar-refractivity contribution in [3.05, 3.63) is 47.8 Å². The maximum atomic E-state index is 5.99. The summed E-state index contributed by atoms with van der Waals surface area (Å²) in [6.45, 7) is 2.07. The van der Waals surface area contributed by atoms with Crippen molar-refractivity contribution in [1.29, 1.82) is 0 Å². The summed E-state index contributed by atoms with van der Waals surface area (Å²) in [5, 5.41) is 4.45. The van der Waals surface area contributed by atoms with Gasteiger partial charge in [-0.25, -0.2) is 0 Å². The third kappa shape index (κ3) is 2.70. The molecule has 0 bridgehead atoms. The average Bonchev–Trinajstić information content (AvgIpc) is 2.83. The van der Waals surface area contributed by atoms with E-state index in [2.05, 4.69) is 40.3 Å². The van der Waals surface area contributed by atoms with Crippen LogP contribution in [-0.2, 0) is 13.5 Å². The molecule has 1 aromatic carbocycles. The first-order valence-electron chi connectivity index (χ1n) is 7.29. The number of anilines is 1. The van der Waals surface area contributed by atoms with Crippen LogP contribution in [0.5, 0.6) is 0 Å². The van der Waals surface area contributed by atoms with Crippen LogP contribution in [-0.4, -0.2) is 28.9 Å². The Bertz CT molecular complexity index is 553. The van der Waals surface area contributed by atoms with E-state index >= 15 is 0 Å². The lowest BCUT2D eigenvalue weighted by molar-refractivity contribution is 0.500. The number of benzene rings is 1. The first-order chi connectivity index (χ1) is 9.74. The molecule has 106 valence electrons. The van der Waals surface area contributed by atoms with Crippen molar-refractivity contribution in [2.45, 2.75) is 25.3 Å². The molecule has 0 radical (unpaired) electrons. The molecule has 3 rings (SSSR count). The summed E-state index contributed by atoms with van der Waals surface area (Å²) < 4.78 is 2.00. The van der Waals surface area contributed by atoms with Crippen LogP contribution >= 0.6 is 0 Å². The molecule has 4 heteroatoms. The van der Waals surface area contributed by atoms with Crippen molar-refractivity contribution < 1.29 is 0 Å². The second-order valence-electron chi connectivity index (χ2n) is 5.59. The SMILES string of the molecule is Cn1ncc(N2CCC(N)CC2)c1Cc1ccccc1. The fourth-order valence-electron chi connectivity index (χ4n) is 2.85. The standard InChI is InChI=1S/C16H22N4/c1-19-15(11-13-5-3-2-4-6-13)16(12-18-19)20-9-7-14(17)8-10-20/h2-6,12,14H,7-11,17H2,1H3. The van der Waals surface area contributed by atoms with Gasteiger partial charge in [0.2, 0.25) is 0 Å². The number of nitrogens with zero attached hydrogens (tertiary/aromatic N) is 3. The first kappa shape index (κ1) is 13.2. The van der Waals surface area contributed by atoms with E-state index in [0.29, 0.717) is 6.04 Å². The van der Waals surface area contributed by atoms with Gasteiger partial charge in [-0.1, -0.05) is 30.3 Å². The highest BCUT2D eigenvalue weighted by atomic mass is 15.3. The minimum atomic E-state index is 0.362. The Morgan fingerprint density at radius 2 is 1.90 bits per heavy atom. The average molecular weight is 270 g/mol. The van der Waals surface area contributed by atoms with E-state index < -0.39 is 0 Å². The third-order valence-electron chi connectivity index (χ3n) is 4.13. The lowest BCUT2D eigenvalue weighted by Gasteiger charge is -2.31. The predicted molar refractivity (Wildman–Crippen MR) is 81.9 cm³/mol. The molecule has 0 atom stereocenters. The lowest BCUT2D eigenvalue weighted by Crippen LogP contribution is -2.40. The van der Waals surface area contributed by atoms with Gasteiger partial charge in [-0.05, 0) is 18.4 Å². The zero-order valence-corrected chi connectivity index (χ0v) is 12.0. The Morgan fingerprint density at radius 3 is 2.60 bits per heavy atom. The van der Waals surface area contributed by atoms with Crippen LogP contribution in [0.4, 0.5) is 5.69 Å². The second kappa shape index (κ2) is 5.67. The maximum absolute atomic E-state index is 5.99. The summed E-state index contributed by atoms with van der Waals surface area (Å²) in [6, 6.07) is 10.9. The summed E-state index contributed by atoms with van der Waals surface area (Å²) in [5.74, 6) is 0. The highest BCUT2D eigenvalue weighted by Crippen LogP contribution is 2.25. The second-order valence-corrected chi connectivity index (χ2v) is 5.59. The molecular formula is C16H22N4. The van der Waals surface area contributed by atoms with Crippen LogP contribution in [0.1, 0.15) is 24.1 Å². The van der Waals surface area contributed by atoms with E-state index in [9.17, 15) is 0 Å². The zero-order valence-electron chi connectivity index (χ0n) is 12.0. The monoisotopic (exact) mass is 270 g/mol. The summed E-state index contributed by atoms with van der Waals surface area (Å²) in [4.78, 5) is 2.43. The highest BCUT2D eigenvalue weighted by molar-refractivity contribution is 5.51. The summed E-state index contributed by atoms with van der Waals surface area (Å²) in [6.07, 6.45) is 5.06. The van der Waals surface area contributed by atoms with Crippen LogP contribution in [0, 0.1) is 0 Å².